The summed E-state index contributed by atoms with van der Waals surface area (Å²) in [6, 6.07) is 9.34. The average molecular weight is 313 g/mol. The largest absolute Gasteiger partial charge is 0.485 e. The predicted molar refractivity (Wildman–Crippen MR) is 75.8 cm³/mol. The van der Waals surface area contributed by atoms with Crippen LogP contribution in [0.1, 0.15) is 29.8 Å². The number of benzene rings is 2. The third-order valence-corrected chi connectivity index (χ3v) is 4.20. The molecule has 5 heteroatoms. The highest BCUT2D eigenvalue weighted by molar-refractivity contribution is 6.42. The monoisotopic (exact) mass is 312 g/mol. The molecule has 0 aromatic heterocycles. The van der Waals surface area contributed by atoms with Crippen LogP contribution in [0.5, 0.6) is 5.75 Å². The lowest BCUT2D eigenvalue weighted by Gasteiger charge is -2.30. The van der Waals surface area contributed by atoms with Crippen LogP contribution in [0.25, 0.3) is 0 Å². The first kappa shape index (κ1) is 13.7. The zero-order chi connectivity index (χ0) is 14.3. The van der Waals surface area contributed by atoms with Crippen LogP contribution in [0.15, 0.2) is 36.4 Å². The number of halogens is 3. The number of ether oxygens (including phenoxy) is 1. The summed E-state index contributed by atoms with van der Waals surface area (Å²) in [6.07, 6.45) is -0.830. The molecule has 0 saturated heterocycles. The van der Waals surface area contributed by atoms with Crippen molar-refractivity contribution in [1.82, 2.24) is 0 Å². The molecule has 0 amide bonds. The Morgan fingerprint density at radius 2 is 1.95 bits per heavy atom. The van der Waals surface area contributed by atoms with E-state index in [4.69, 9.17) is 27.9 Å². The number of hydrogen-bond donors (Lipinski definition) is 1. The molecule has 1 unspecified atom stereocenters. The van der Waals surface area contributed by atoms with Gasteiger partial charge in [0.1, 0.15) is 17.7 Å². The Hall–Kier alpha value is -1.29. The molecule has 2 nitrogen and oxygen atoms in total. The molecule has 0 bridgehead atoms. The smallest absolute Gasteiger partial charge is 0.128 e. The van der Waals surface area contributed by atoms with Gasteiger partial charge in [0.2, 0.25) is 0 Å². The van der Waals surface area contributed by atoms with Crippen molar-refractivity contribution in [1.29, 1.82) is 0 Å². The van der Waals surface area contributed by atoms with Crippen molar-refractivity contribution in [3.8, 4) is 5.75 Å². The normalized spacial score (nSPS) is 21.2. The molecule has 2 aromatic carbocycles. The lowest BCUT2D eigenvalue weighted by molar-refractivity contribution is 0.0654. The molecule has 2 aromatic rings. The topological polar surface area (TPSA) is 29.5 Å². The van der Waals surface area contributed by atoms with Crippen LogP contribution in [-0.4, -0.2) is 5.11 Å². The molecular formula is C15H11Cl2FO2. The SMILES string of the molecule is O[C@H]1CC(c2cccc(Cl)c2Cl)Oc2cc(F)ccc21. The van der Waals surface area contributed by atoms with E-state index in [2.05, 4.69) is 0 Å². The molecule has 1 aliphatic rings. The Morgan fingerprint density at radius 3 is 2.75 bits per heavy atom. The first-order valence-corrected chi connectivity index (χ1v) is 6.90. The second kappa shape index (κ2) is 5.24. The van der Waals surface area contributed by atoms with Gasteiger partial charge in [0.05, 0.1) is 16.1 Å². The number of fused-ring (bicyclic) bond motifs is 1. The number of aliphatic hydroxyl groups excluding tert-OH is 1. The van der Waals surface area contributed by atoms with Crippen LogP contribution >= 0.6 is 23.2 Å². The van der Waals surface area contributed by atoms with E-state index in [1.807, 2.05) is 0 Å². The van der Waals surface area contributed by atoms with Crippen molar-refractivity contribution in [3.63, 3.8) is 0 Å². The fourth-order valence-corrected chi connectivity index (χ4v) is 2.81. The first-order chi connectivity index (χ1) is 9.56. The molecule has 0 fully saturated rings. The van der Waals surface area contributed by atoms with Gasteiger partial charge in [0.15, 0.2) is 0 Å². The molecule has 0 spiro atoms. The molecule has 1 aliphatic heterocycles. The van der Waals surface area contributed by atoms with Crippen LogP contribution in [0, 0.1) is 5.82 Å². The summed E-state index contributed by atoms with van der Waals surface area (Å²) in [7, 11) is 0. The lowest BCUT2D eigenvalue weighted by atomic mass is 9.95. The van der Waals surface area contributed by atoms with Crippen molar-refractivity contribution in [2.75, 3.05) is 0 Å². The highest BCUT2D eigenvalue weighted by Gasteiger charge is 2.29. The summed E-state index contributed by atoms with van der Waals surface area (Å²) in [5.41, 5.74) is 1.27. The summed E-state index contributed by atoms with van der Waals surface area (Å²) in [5, 5.41) is 11.0. The maximum atomic E-state index is 13.3. The van der Waals surface area contributed by atoms with E-state index >= 15 is 0 Å². The van der Waals surface area contributed by atoms with E-state index in [0.29, 0.717) is 33.3 Å². The van der Waals surface area contributed by atoms with Gasteiger partial charge < -0.3 is 9.84 Å². The Kier molecular flexibility index (Phi) is 3.59. The van der Waals surface area contributed by atoms with Gasteiger partial charge >= 0.3 is 0 Å². The van der Waals surface area contributed by atoms with E-state index in [0.717, 1.165) is 0 Å². The van der Waals surface area contributed by atoms with Crippen molar-refractivity contribution in [2.24, 2.45) is 0 Å². The summed E-state index contributed by atoms with van der Waals surface area (Å²) >= 11 is 12.1. The van der Waals surface area contributed by atoms with Crippen LogP contribution in [0.4, 0.5) is 4.39 Å². The van der Waals surface area contributed by atoms with Crippen LogP contribution < -0.4 is 4.74 Å². The Labute approximate surface area is 125 Å². The molecular weight excluding hydrogens is 302 g/mol. The molecule has 1 heterocycles. The van der Waals surface area contributed by atoms with Crippen LogP contribution in [0.3, 0.4) is 0 Å². The molecule has 2 atom stereocenters. The number of hydrogen-bond acceptors (Lipinski definition) is 2. The second-order valence-electron chi connectivity index (χ2n) is 4.68. The van der Waals surface area contributed by atoms with E-state index in [-0.39, 0.29) is 0 Å². The maximum Gasteiger partial charge on any atom is 0.128 e. The Balaban J connectivity index is 2.00. The van der Waals surface area contributed by atoms with Gasteiger partial charge in [-0.3, -0.25) is 0 Å². The average Bonchev–Trinajstić information content (AvgIpc) is 2.41. The van der Waals surface area contributed by atoms with Crippen molar-refractivity contribution >= 4 is 23.2 Å². The highest BCUT2D eigenvalue weighted by atomic mass is 35.5. The van der Waals surface area contributed by atoms with Gasteiger partial charge in [-0.25, -0.2) is 4.39 Å². The van der Waals surface area contributed by atoms with Gasteiger partial charge in [0.25, 0.3) is 0 Å². The minimum Gasteiger partial charge on any atom is -0.485 e. The number of rotatable bonds is 1. The Bertz CT molecular complexity index is 660. The van der Waals surface area contributed by atoms with Gasteiger partial charge in [-0.1, -0.05) is 35.3 Å². The standard InChI is InChI=1S/C15H11Cl2FO2/c16-11-3-1-2-10(15(11)17)14-7-12(19)9-5-4-8(18)6-13(9)20-14/h1-6,12,14,19H,7H2/t12-,14?/m0/s1. The van der Waals surface area contributed by atoms with E-state index in [9.17, 15) is 9.50 Å². The van der Waals surface area contributed by atoms with Gasteiger partial charge in [-0.2, -0.15) is 0 Å². The maximum absolute atomic E-state index is 13.3. The predicted octanol–water partition coefficient (Wildman–Crippen LogP) is 4.69. The third-order valence-electron chi connectivity index (χ3n) is 3.37. The molecule has 20 heavy (non-hydrogen) atoms. The summed E-state index contributed by atoms with van der Waals surface area (Å²) in [6.45, 7) is 0. The van der Waals surface area contributed by atoms with E-state index in [1.165, 1.54) is 18.2 Å². The number of aliphatic hydroxyl groups is 1. The highest BCUT2D eigenvalue weighted by Crippen LogP contribution is 2.43. The van der Waals surface area contributed by atoms with Crippen molar-refractivity contribution < 1.29 is 14.2 Å². The minimum atomic E-state index is -0.723. The first-order valence-electron chi connectivity index (χ1n) is 6.14. The van der Waals surface area contributed by atoms with Crippen LogP contribution in [0.2, 0.25) is 10.0 Å². The molecule has 0 radical (unpaired) electrons. The van der Waals surface area contributed by atoms with Gasteiger partial charge in [-0.05, 0) is 18.2 Å². The van der Waals surface area contributed by atoms with Crippen molar-refractivity contribution in [3.05, 3.63) is 63.4 Å². The van der Waals surface area contributed by atoms with Gasteiger partial charge in [0, 0.05) is 23.6 Å². The van der Waals surface area contributed by atoms with Crippen molar-refractivity contribution in [2.45, 2.75) is 18.6 Å². The molecule has 0 saturated carbocycles. The fourth-order valence-electron chi connectivity index (χ4n) is 2.38. The fraction of sp³-hybridized carbons (Fsp3) is 0.200. The van der Waals surface area contributed by atoms with Crippen LogP contribution in [-0.2, 0) is 0 Å². The summed E-state index contributed by atoms with van der Waals surface area (Å²) < 4.78 is 19.0. The van der Waals surface area contributed by atoms with Gasteiger partial charge in [-0.15, -0.1) is 0 Å². The molecule has 0 aliphatic carbocycles. The second-order valence-corrected chi connectivity index (χ2v) is 5.47. The minimum absolute atomic E-state index is 0.338. The Morgan fingerprint density at radius 1 is 1.15 bits per heavy atom. The summed E-state index contributed by atoms with van der Waals surface area (Å²) in [5.74, 6) is -0.0708. The van der Waals surface area contributed by atoms with E-state index < -0.39 is 18.0 Å². The zero-order valence-corrected chi connectivity index (χ0v) is 11.8. The zero-order valence-electron chi connectivity index (χ0n) is 10.3. The van der Waals surface area contributed by atoms with E-state index in [1.54, 1.807) is 18.2 Å². The quantitative estimate of drug-likeness (QED) is 0.827. The molecule has 1 N–H and O–H groups in total. The third kappa shape index (κ3) is 2.37. The molecule has 3 rings (SSSR count). The summed E-state index contributed by atoms with van der Waals surface area (Å²) in [4.78, 5) is 0. The molecule has 104 valence electrons. The lowest BCUT2D eigenvalue weighted by Crippen LogP contribution is -2.19.